The van der Waals surface area contributed by atoms with Gasteiger partial charge in [-0.2, -0.15) is 5.26 Å². The molecular weight excluding hydrogens is 226 g/mol. The Labute approximate surface area is 110 Å². The number of carbonyl (C=O) groups is 1. The Balaban J connectivity index is 2.07. The molecule has 0 bridgehead atoms. The van der Waals surface area contributed by atoms with Crippen LogP contribution < -0.4 is 0 Å². The fourth-order valence-corrected chi connectivity index (χ4v) is 3.23. The molecule has 2 rings (SSSR count). The third kappa shape index (κ3) is 2.24. The van der Waals surface area contributed by atoms with Crippen molar-refractivity contribution in [2.24, 2.45) is 5.41 Å². The molecule has 1 atom stereocenters. The lowest BCUT2D eigenvalue weighted by Gasteiger charge is -2.41. The first-order valence-corrected chi connectivity index (χ1v) is 7.04. The molecule has 0 aromatic rings. The van der Waals surface area contributed by atoms with Crippen LogP contribution in [0.25, 0.3) is 0 Å². The highest BCUT2D eigenvalue weighted by Gasteiger charge is 2.45. The second kappa shape index (κ2) is 5.27. The van der Waals surface area contributed by atoms with Crippen LogP contribution in [-0.2, 0) is 4.79 Å². The summed E-state index contributed by atoms with van der Waals surface area (Å²) >= 11 is 0. The number of piperazine rings is 1. The summed E-state index contributed by atoms with van der Waals surface area (Å²) in [5, 5.41) is 9.38. The van der Waals surface area contributed by atoms with Crippen molar-refractivity contribution < 1.29 is 4.79 Å². The Morgan fingerprint density at radius 2 is 2.06 bits per heavy atom. The van der Waals surface area contributed by atoms with Crippen LogP contribution in [0.3, 0.4) is 0 Å². The lowest BCUT2D eigenvalue weighted by atomic mass is 9.86. The Hall–Kier alpha value is -1.08. The fourth-order valence-electron chi connectivity index (χ4n) is 3.23. The number of nitriles is 1. The second-order valence-corrected chi connectivity index (χ2v) is 5.69. The van der Waals surface area contributed by atoms with E-state index in [-0.39, 0.29) is 5.91 Å². The number of likely N-dealkylation sites (N-methyl/N-ethyl adjacent to an activating group) is 1. The van der Waals surface area contributed by atoms with E-state index < -0.39 is 5.41 Å². The summed E-state index contributed by atoms with van der Waals surface area (Å²) in [4.78, 5) is 16.9. The molecule has 4 heteroatoms. The van der Waals surface area contributed by atoms with Crippen LogP contribution in [0.1, 0.15) is 39.0 Å². The maximum atomic E-state index is 12.6. The highest BCUT2D eigenvalue weighted by Crippen LogP contribution is 2.39. The molecule has 1 saturated carbocycles. The van der Waals surface area contributed by atoms with E-state index in [9.17, 15) is 10.1 Å². The first kappa shape index (κ1) is 13.4. The van der Waals surface area contributed by atoms with Gasteiger partial charge in [-0.3, -0.25) is 9.69 Å². The number of rotatable bonds is 2. The zero-order valence-corrected chi connectivity index (χ0v) is 11.5. The lowest BCUT2D eigenvalue weighted by Crippen LogP contribution is -2.55. The molecule has 1 unspecified atom stereocenters. The van der Waals surface area contributed by atoms with Crippen molar-refractivity contribution in [1.82, 2.24) is 9.80 Å². The molecule has 1 aliphatic carbocycles. The van der Waals surface area contributed by atoms with Gasteiger partial charge in [-0.25, -0.2) is 0 Å². The van der Waals surface area contributed by atoms with Gasteiger partial charge in [0.15, 0.2) is 0 Å². The minimum absolute atomic E-state index is 0.0917. The van der Waals surface area contributed by atoms with Crippen molar-refractivity contribution in [1.29, 1.82) is 5.26 Å². The molecule has 100 valence electrons. The quantitative estimate of drug-likeness (QED) is 0.747. The van der Waals surface area contributed by atoms with Crippen LogP contribution in [0.2, 0.25) is 0 Å². The third-order valence-corrected chi connectivity index (χ3v) is 4.62. The SMILES string of the molecule is CCC1CN(C(=O)C2(C#N)CCCC2)CCN1C. The third-order valence-electron chi connectivity index (χ3n) is 4.62. The number of hydrogen-bond acceptors (Lipinski definition) is 3. The zero-order valence-electron chi connectivity index (χ0n) is 11.5. The Morgan fingerprint density at radius 1 is 1.39 bits per heavy atom. The number of hydrogen-bond donors (Lipinski definition) is 0. The Kier molecular flexibility index (Phi) is 3.91. The highest BCUT2D eigenvalue weighted by molar-refractivity contribution is 5.86. The molecule has 1 saturated heterocycles. The second-order valence-electron chi connectivity index (χ2n) is 5.69. The summed E-state index contributed by atoms with van der Waals surface area (Å²) in [5.41, 5.74) is -0.700. The first-order chi connectivity index (χ1) is 8.63. The normalized spacial score (nSPS) is 28.1. The molecule has 0 aromatic heterocycles. The Morgan fingerprint density at radius 3 is 2.61 bits per heavy atom. The molecule has 1 amide bonds. The molecular formula is C14H23N3O. The summed E-state index contributed by atoms with van der Waals surface area (Å²) in [7, 11) is 2.12. The van der Waals surface area contributed by atoms with Crippen molar-refractivity contribution in [2.45, 2.75) is 45.1 Å². The van der Waals surface area contributed by atoms with Gasteiger partial charge < -0.3 is 4.90 Å². The van der Waals surface area contributed by atoms with Gasteiger partial charge in [-0.15, -0.1) is 0 Å². The van der Waals surface area contributed by atoms with E-state index in [2.05, 4.69) is 24.9 Å². The van der Waals surface area contributed by atoms with Gasteiger partial charge in [0.1, 0.15) is 5.41 Å². The van der Waals surface area contributed by atoms with Crippen molar-refractivity contribution in [3.8, 4) is 6.07 Å². The van der Waals surface area contributed by atoms with Gasteiger partial charge >= 0.3 is 0 Å². The molecule has 2 aliphatic rings. The van der Waals surface area contributed by atoms with Gasteiger partial charge in [0.05, 0.1) is 6.07 Å². The van der Waals surface area contributed by atoms with Gasteiger partial charge in [-0.05, 0) is 26.3 Å². The summed E-state index contributed by atoms with van der Waals surface area (Å²) in [6, 6.07) is 2.76. The van der Waals surface area contributed by atoms with Gasteiger partial charge in [0.2, 0.25) is 5.91 Å². The first-order valence-electron chi connectivity index (χ1n) is 7.04. The van der Waals surface area contributed by atoms with E-state index in [1.54, 1.807) is 0 Å². The maximum absolute atomic E-state index is 12.6. The largest absolute Gasteiger partial charge is 0.338 e. The average molecular weight is 249 g/mol. The molecule has 0 N–H and O–H groups in total. The molecule has 4 nitrogen and oxygen atoms in total. The smallest absolute Gasteiger partial charge is 0.243 e. The van der Waals surface area contributed by atoms with Crippen LogP contribution in [0.5, 0.6) is 0 Å². The summed E-state index contributed by atoms with van der Waals surface area (Å²) < 4.78 is 0. The number of carbonyl (C=O) groups excluding carboxylic acids is 1. The van der Waals surface area contributed by atoms with Crippen LogP contribution in [-0.4, -0.2) is 48.4 Å². The monoisotopic (exact) mass is 249 g/mol. The molecule has 1 heterocycles. The molecule has 18 heavy (non-hydrogen) atoms. The van der Waals surface area contributed by atoms with Gasteiger partial charge in [0.25, 0.3) is 0 Å². The lowest BCUT2D eigenvalue weighted by molar-refractivity contribution is -0.141. The van der Waals surface area contributed by atoms with Crippen LogP contribution in [0.4, 0.5) is 0 Å². The van der Waals surface area contributed by atoms with E-state index in [0.717, 1.165) is 51.7 Å². The van der Waals surface area contributed by atoms with E-state index in [4.69, 9.17) is 0 Å². The Bertz CT molecular complexity index is 355. The van der Waals surface area contributed by atoms with E-state index in [0.29, 0.717) is 6.04 Å². The fraction of sp³-hybridized carbons (Fsp3) is 0.857. The van der Waals surface area contributed by atoms with E-state index in [1.165, 1.54) is 0 Å². The highest BCUT2D eigenvalue weighted by atomic mass is 16.2. The summed E-state index contributed by atoms with van der Waals surface area (Å²) in [6.07, 6.45) is 4.60. The standard InChI is InChI=1S/C14H23N3O/c1-3-12-10-17(9-8-16(12)2)13(18)14(11-15)6-4-5-7-14/h12H,3-10H2,1-2H3. The summed E-state index contributed by atoms with van der Waals surface area (Å²) in [6.45, 7) is 4.64. The maximum Gasteiger partial charge on any atom is 0.243 e. The van der Waals surface area contributed by atoms with Crippen molar-refractivity contribution in [3.05, 3.63) is 0 Å². The molecule has 2 fully saturated rings. The topological polar surface area (TPSA) is 47.3 Å². The minimum Gasteiger partial charge on any atom is -0.338 e. The average Bonchev–Trinajstić information content (AvgIpc) is 2.88. The van der Waals surface area contributed by atoms with Crippen molar-refractivity contribution in [3.63, 3.8) is 0 Å². The molecule has 0 radical (unpaired) electrons. The number of amides is 1. The van der Waals surface area contributed by atoms with Crippen LogP contribution in [0.15, 0.2) is 0 Å². The number of nitrogens with zero attached hydrogens (tertiary/aromatic N) is 3. The zero-order chi connectivity index (χ0) is 13.2. The predicted octanol–water partition coefficient (Wildman–Crippen LogP) is 1.62. The molecule has 0 aromatic carbocycles. The van der Waals surface area contributed by atoms with Crippen molar-refractivity contribution in [2.75, 3.05) is 26.7 Å². The molecule has 0 spiro atoms. The minimum atomic E-state index is -0.700. The predicted molar refractivity (Wildman–Crippen MR) is 69.8 cm³/mol. The van der Waals surface area contributed by atoms with E-state index in [1.807, 2.05) is 4.90 Å². The van der Waals surface area contributed by atoms with Crippen LogP contribution in [0, 0.1) is 16.7 Å². The van der Waals surface area contributed by atoms with E-state index >= 15 is 0 Å². The van der Waals surface area contributed by atoms with Gasteiger partial charge in [0, 0.05) is 25.7 Å². The molecule has 1 aliphatic heterocycles. The van der Waals surface area contributed by atoms with Gasteiger partial charge in [-0.1, -0.05) is 19.8 Å². The van der Waals surface area contributed by atoms with Crippen LogP contribution >= 0.6 is 0 Å². The summed E-state index contributed by atoms with van der Waals surface area (Å²) in [5.74, 6) is 0.0917. The van der Waals surface area contributed by atoms with Crippen molar-refractivity contribution >= 4 is 5.91 Å².